The number of sulfonamides is 1. The van der Waals surface area contributed by atoms with Crippen LogP contribution >= 0.6 is 0 Å². The Labute approximate surface area is 177 Å². The Bertz CT molecular complexity index is 946. The van der Waals surface area contributed by atoms with Crippen molar-refractivity contribution in [3.63, 3.8) is 0 Å². The van der Waals surface area contributed by atoms with E-state index in [1.807, 2.05) is 12.1 Å². The maximum absolute atomic E-state index is 11.5. The van der Waals surface area contributed by atoms with E-state index in [4.69, 9.17) is 14.2 Å². The molecule has 3 rings (SSSR count). The van der Waals surface area contributed by atoms with Crippen molar-refractivity contribution in [2.75, 3.05) is 44.8 Å². The van der Waals surface area contributed by atoms with Gasteiger partial charge in [-0.3, -0.25) is 4.72 Å². The first kappa shape index (κ1) is 22.1. The molecule has 0 unspecified atom stereocenters. The summed E-state index contributed by atoms with van der Waals surface area (Å²) in [6.45, 7) is 2.73. The highest BCUT2D eigenvalue weighted by Gasteiger charge is 2.23. The van der Waals surface area contributed by atoms with Crippen molar-refractivity contribution in [1.82, 2.24) is 14.9 Å². The molecule has 1 aliphatic rings. The Morgan fingerprint density at radius 3 is 2.47 bits per heavy atom. The molecule has 0 radical (unpaired) electrons. The first-order valence-corrected chi connectivity index (χ1v) is 11.7. The van der Waals surface area contributed by atoms with Crippen LogP contribution in [0.4, 0.5) is 5.82 Å². The molecule has 1 saturated heterocycles. The van der Waals surface area contributed by atoms with E-state index in [-0.39, 0.29) is 17.8 Å². The van der Waals surface area contributed by atoms with E-state index in [2.05, 4.69) is 25.7 Å². The minimum absolute atomic E-state index is 0.0286. The van der Waals surface area contributed by atoms with Gasteiger partial charge in [-0.2, -0.15) is 0 Å². The average Bonchev–Trinajstić information content (AvgIpc) is 2.73. The third kappa shape index (κ3) is 6.20. The third-order valence-electron chi connectivity index (χ3n) is 4.92. The van der Waals surface area contributed by atoms with Crippen molar-refractivity contribution in [2.45, 2.75) is 25.4 Å². The van der Waals surface area contributed by atoms with Crippen LogP contribution in [0.3, 0.4) is 0 Å². The normalized spacial score (nSPS) is 15.6. The molecule has 0 spiro atoms. The zero-order chi connectivity index (χ0) is 21.6. The number of ether oxygens (including phenoxy) is 3. The summed E-state index contributed by atoms with van der Waals surface area (Å²) < 4.78 is 41.9. The van der Waals surface area contributed by atoms with E-state index in [1.165, 1.54) is 18.0 Å². The molecule has 10 heteroatoms. The predicted molar refractivity (Wildman–Crippen MR) is 114 cm³/mol. The molecule has 1 aromatic carbocycles. The molecule has 9 nitrogen and oxygen atoms in total. The molecule has 0 aliphatic carbocycles. The second-order valence-corrected chi connectivity index (χ2v) is 8.93. The van der Waals surface area contributed by atoms with Crippen LogP contribution in [0.25, 0.3) is 0 Å². The fourth-order valence-corrected chi connectivity index (χ4v) is 3.88. The number of nitrogens with one attached hydrogen (secondary N) is 1. The van der Waals surface area contributed by atoms with Crippen LogP contribution in [-0.2, 0) is 16.4 Å². The highest BCUT2D eigenvalue weighted by atomic mass is 32.2. The van der Waals surface area contributed by atoms with Crippen molar-refractivity contribution < 1.29 is 22.6 Å². The molecule has 2 heterocycles. The van der Waals surface area contributed by atoms with Crippen molar-refractivity contribution in [1.29, 1.82) is 0 Å². The second-order valence-electron chi connectivity index (χ2n) is 7.18. The first-order valence-electron chi connectivity index (χ1n) is 9.76. The van der Waals surface area contributed by atoms with Crippen LogP contribution in [0.1, 0.15) is 18.4 Å². The Kier molecular flexibility index (Phi) is 7.33. The van der Waals surface area contributed by atoms with E-state index in [9.17, 15) is 8.42 Å². The first-order chi connectivity index (χ1) is 14.4. The maximum atomic E-state index is 11.5. The highest BCUT2D eigenvalue weighted by Crippen LogP contribution is 2.28. The van der Waals surface area contributed by atoms with Crippen LogP contribution < -0.4 is 18.9 Å². The number of anilines is 1. The number of benzene rings is 1. The number of rotatable bonds is 9. The van der Waals surface area contributed by atoms with Gasteiger partial charge in [0.15, 0.2) is 11.5 Å². The van der Waals surface area contributed by atoms with E-state index in [0.717, 1.165) is 56.7 Å². The molecule has 0 amide bonds. The minimum atomic E-state index is -3.45. The van der Waals surface area contributed by atoms with Crippen molar-refractivity contribution in [2.24, 2.45) is 0 Å². The van der Waals surface area contributed by atoms with Gasteiger partial charge >= 0.3 is 0 Å². The zero-order valence-electron chi connectivity index (χ0n) is 17.5. The fourth-order valence-electron chi connectivity index (χ4n) is 3.39. The van der Waals surface area contributed by atoms with Crippen LogP contribution in [0.2, 0.25) is 0 Å². The lowest BCUT2D eigenvalue weighted by atomic mass is 10.1. The number of piperidine rings is 1. The number of methoxy groups -OCH3 is 2. The molecule has 1 aliphatic heterocycles. The molecule has 0 bridgehead atoms. The third-order valence-corrected chi connectivity index (χ3v) is 5.49. The van der Waals surface area contributed by atoms with Crippen molar-refractivity contribution in [3.05, 3.63) is 36.2 Å². The molecule has 164 valence electrons. The molecule has 0 atom stereocenters. The van der Waals surface area contributed by atoms with Gasteiger partial charge in [0.2, 0.25) is 15.8 Å². The SMILES string of the molecule is COc1ccc(CCN2CCC(Oc3nccnc3NS(C)(=O)=O)CC2)cc1OC. The van der Waals surface area contributed by atoms with Crippen molar-refractivity contribution >= 4 is 15.8 Å². The standard InChI is InChI=1S/C20H28N4O5S/c1-27-17-5-4-15(14-18(17)28-2)6-11-24-12-7-16(8-13-24)29-20-19(21-9-10-22-20)23-30(3,25)26/h4-5,9-10,14,16H,6-8,11-13H2,1-3H3,(H,21,23). The smallest absolute Gasteiger partial charge is 0.258 e. The van der Waals surface area contributed by atoms with Crippen LogP contribution in [0.5, 0.6) is 17.4 Å². The topological polar surface area (TPSA) is 103 Å². The summed E-state index contributed by atoms with van der Waals surface area (Å²) in [5.74, 6) is 1.81. The minimum Gasteiger partial charge on any atom is -0.493 e. The van der Waals surface area contributed by atoms with Gasteiger partial charge in [0.25, 0.3) is 5.88 Å². The van der Waals surface area contributed by atoms with Gasteiger partial charge in [-0.1, -0.05) is 6.07 Å². The van der Waals surface area contributed by atoms with Gasteiger partial charge in [0, 0.05) is 32.0 Å². The van der Waals surface area contributed by atoms with Gasteiger partial charge in [-0.25, -0.2) is 18.4 Å². The fraction of sp³-hybridized carbons (Fsp3) is 0.500. The van der Waals surface area contributed by atoms with E-state index in [0.29, 0.717) is 0 Å². The summed E-state index contributed by atoms with van der Waals surface area (Å²) in [5, 5.41) is 0. The lowest BCUT2D eigenvalue weighted by Gasteiger charge is -2.32. The van der Waals surface area contributed by atoms with Crippen LogP contribution in [-0.4, -0.2) is 69.5 Å². The van der Waals surface area contributed by atoms with Gasteiger partial charge in [-0.05, 0) is 37.0 Å². The molecule has 1 fully saturated rings. The Morgan fingerprint density at radius 1 is 1.10 bits per heavy atom. The van der Waals surface area contributed by atoms with Gasteiger partial charge in [0.1, 0.15) is 6.10 Å². The number of hydrogen-bond donors (Lipinski definition) is 1. The molecule has 30 heavy (non-hydrogen) atoms. The number of aromatic nitrogens is 2. The highest BCUT2D eigenvalue weighted by molar-refractivity contribution is 7.92. The lowest BCUT2D eigenvalue weighted by Crippen LogP contribution is -2.39. The van der Waals surface area contributed by atoms with E-state index < -0.39 is 10.0 Å². The van der Waals surface area contributed by atoms with E-state index >= 15 is 0 Å². The van der Waals surface area contributed by atoms with Gasteiger partial charge in [-0.15, -0.1) is 0 Å². The molecular formula is C20H28N4O5S. The van der Waals surface area contributed by atoms with Gasteiger partial charge < -0.3 is 19.1 Å². The largest absolute Gasteiger partial charge is 0.493 e. The number of nitrogens with zero attached hydrogens (tertiary/aromatic N) is 3. The number of likely N-dealkylation sites (tertiary alicyclic amines) is 1. The van der Waals surface area contributed by atoms with Crippen LogP contribution in [0, 0.1) is 0 Å². The molecule has 1 aromatic heterocycles. The van der Waals surface area contributed by atoms with Crippen molar-refractivity contribution in [3.8, 4) is 17.4 Å². The summed E-state index contributed by atoms with van der Waals surface area (Å²) in [6, 6.07) is 6.00. The maximum Gasteiger partial charge on any atom is 0.258 e. The Morgan fingerprint density at radius 2 is 1.80 bits per heavy atom. The summed E-state index contributed by atoms with van der Waals surface area (Å²) in [4.78, 5) is 10.6. The van der Waals surface area contributed by atoms with E-state index in [1.54, 1.807) is 14.2 Å². The summed E-state index contributed by atoms with van der Waals surface area (Å²) in [5.41, 5.74) is 1.20. The Hall–Kier alpha value is -2.59. The summed E-state index contributed by atoms with van der Waals surface area (Å²) in [6.07, 6.45) is 6.54. The predicted octanol–water partition coefficient (Wildman–Crippen LogP) is 1.95. The van der Waals surface area contributed by atoms with Crippen LogP contribution in [0.15, 0.2) is 30.6 Å². The zero-order valence-corrected chi connectivity index (χ0v) is 18.3. The van der Waals surface area contributed by atoms with Gasteiger partial charge in [0.05, 0.1) is 20.5 Å². The molecule has 1 N–H and O–H groups in total. The molecule has 2 aromatic rings. The second kappa shape index (κ2) is 9.94. The number of hydrogen-bond acceptors (Lipinski definition) is 8. The summed E-state index contributed by atoms with van der Waals surface area (Å²) >= 11 is 0. The Balaban J connectivity index is 1.50. The lowest BCUT2D eigenvalue weighted by molar-refractivity contribution is 0.0978. The summed E-state index contributed by atoms with van der Waals surface area (Å²) in [7, 11) is -0.181. The molecular weight excluding hydrogens is 408 g/mol. The quantitative estimate of drug-likeness (QED) is 0.636. The average molecular weight is 437 g/mol. The monoisotopic (exact) mass is 436 g/mol. The molecule has 0 saturated carbocycles.